The molecule has 0 aromatic carbocycles. The molecule has 3 aromatic rings. The summed E-state index contributed by atoms with van der Waals surface area (Å²) in [4.78, 5) is 24.4. The van der Waals surface area contributed by atoms with E-state index in [0.29, 0.717) is 23.7 Å². The minimum Gasteiger partial charge on any atom is -0.397 e. The van der Waals surface area contributed by atoms with E-state index >= 15 is 0 Å². The maximum atomic E-state index is 14.2. The lowest BCUT2D eigenvalue weighted by Crippen LogP contribution is -2.49. The van der Waals surface area contributed by atoms with Crippen molar-refractivity contribution < 1.29 is 28.2 Å². The molecule has 11 heteroatoms. The number of halogens is 3. The van der Waals surface area contributed by atoms with E-state index in [0.717, 1.165) is 0 Å². The SMILES string of the molecule is C[C@H]1C[C@@H](c2ccncc2NC(=O)c2nc(-c3nc(F)c(F)cc3F)ccc2N)C[C@@H](O)[C@]1(C)O. The molecule has 184 valence electrons. The maximum absolute atomic E-state index is 14.2. The number of nitrogens with one attached hydrogen (secondary N) is 1. The first-order valence-corrected chi connectivity index (χ1v) is 10.9. The summed E-state index contributed by atoms with van der Waals surface area (Å²) < 4.78 is 41.0. The number of nitrogens with zero attached hydrogens (tertiary/aromatic N) is 3. The fraction of sp³-hybridized carbons (Fsp3) is 0.333. The zero-order valence-electron chi connectivity index (χ0n) is 19.0. The molecule has 0 unspecified atom stereocenters. The minimum atomic E-state index is -1.51. The number of hydrogen-bond acceptors (Lipinski definition) is 7. The molecule has 1 fully saturated rings. The van der Waals surface area contributed by atoms with Gasteiger partial charge in [-0.15, -0.1) is 0 Å². The summed E-state index contributed by atoms with van der Waals surface area (Å²) in [6.07, 6.45) is 2.88. The lowest BCUT2D eigenvalue weighted by atomic mass is 9.69. The lowest BCUT2D eigenvalue weighted by Gasteiger charge is -2.43. The Morgan fingerprint density at radius 3 is 2.63 bits per heavy atom. The Labute approximate surface area is 199 Å². The molecule has 0 spiro atoms. The summed E-state index contributed by atoms with van der Waals surface area (Å²) in [5.74, 6) is -5.22. The third kappa shape index (κ3) is 4.69. The van der Waals surface area contributed by atoms with E-state index in [-0.39, 0.29) is 35.3 Å². The maximum Gasteiger partial charge on any atom is 0.276 e. The number of anilines is 2. The third-order valence-corrected chi connectivity index (χ3v) is 6.63. The molecule has 0 radical (unpaired) electrons. The second-order valence-electron chi connectivity index (χ2n) is 8.95. The van der Waals surface area contributed by atoms with Crippen LogP contribution in [-0.4, -0.2) is 42.8 Å². The van der Waals surface area contributed by atoms with Crippen LogP contribution in [0.3, 0.4) is 0 Å². The van der Waals surface area contributed by atoms with Gasteiger partial charge in [0.25, 0.3) is 5.91 Å². The number of carbonyl (C=O) groups excluding carboxylic acids is 1. The van der Waals surface area contributed by atoms with Gasteiger partial charge in [0, 0.05) is 12.3 Å². The fourth-order valence-electron chi connectivity index (χ4n) is 4.31. The highest BCUT2D eigenvalue weighted by atomic mass is 19.2. The Hall–Kier alpha value is -3.57. The number of hydrogen-bond donors (Lipinski definition) is 4. The molecule has 1 amide bonds. The van der Waals surface area contributed by atoms with E-state index in [1.54, 1.807) is 19.2 Å². The Balaban J connectivity index is 1.64. The minimum absolute atomic E-state index is 0.0301. The smallest absolute Gasteiger partial charge is 0.276 e. The molecule has 5 N–H and O–H groups in total. The number of aliphatic hydroxyl groups is 2. The quantitative estimate of drug-likeness (QED) is 0.414. The van der Waals surface area contributed by atoms with Crippen LogP contribution in [0.1, 0.15) is 48.7 Å². The van der Waals surface area contributed by atoms with Crippen LogP contribution in [0.2, 0.25) is 0 Å². The number of aromatic nitrogens is 3. The van der Waals surface area contributed by atoms with Crippen molar-refractivity contribution >= 4 is 17.3 Å². The predicted octanol–water partition coefficient (Wildman–Crippen LogP) is 3.42. The number of nitrogens with two attached hydrogens (primary N) is 1. The van der Waals surface area contributed by atoms with Crippen molar-refractivity contribution in [3.8, 4) is 11.4 Å². The van der Waals surface area contributed by atoms with Crippen molar-refractivity contribution in [2.75, 3.05) is 11.1 Å². The molecule has 0 saturated heterocycles. The largest absolute Gasteiger partial charge is 0.397 e. The zero-order valence-corrected chi connectivity index (χ0v) is 19.0. The number of nitrogen functional groups attached to an aromatic ring is 1. The van der Waals surface area contributed by atoms with Gasteiger partial charge in [-0.3, -0.25) is 9.78 Å². The van der Waals surface area contributed by atoms with Crippen LogP contribution >= 0.6 is 0 Å². The second-order valence-corrected chi connectivity index (χ2v) is 8.95. The molecular weight excluding hydrogens is 463 g/mol. The van der Waals surface area contributed by atoms with E-state index in [1.165, 1.54) is 18.3 Å². The molecule has 1 saturated carbocycles. The molecular formula is C24H24F3N5O3. The summed E-state index contributed by atoms with van der Waals surface area (Å²) in [5, 5.41) is 23.7. The van der Waals surface area contributed by atoms with Crippen LogP contribution in [-0.2, 0) is 0 Å². The summed E-state index contributed by atoms with van der Waals surface area (Å²) in [6, 6.07) is 4.58. The van der Waals surface area contributed by atoms with Crippen LogP contribution in [0.15, 0.2) is 36.7 Å². The second kappa shape index (κ2) is 9.23. The third-order valence-electron chi connectivity index (χ3n) is 6.63. The first-order valence-electron chi connectivity index (χ1n) is 10.9. The van der Waals surface area contributed by atoms with E-state index in [1.807, 2.05) is 6.92 Å². The lowest BCUT2D eigenvalue weighted by molar-refractivity contribution is -0.123. The van der Waals surface area contributed by atoms with Crippen molar-refractivity contribution in [3.63, 3.8) is 0 Å². The highest BCUT2D eigenvalue weighted by Gasteiger charge is 2.43. The molecule has 35 heavy (non-hydrogen) atoms. The van der Waals surface area contributed by atoms with Gasteiger partial charge >= 0.3 is 0 Å². The van der Waals surface area contributed by atoms with Gasteiger partial charge in [0.1, 0.15) is 5.69 Å². The number of aliphatic hydroxyl groups excluding tert-OH is 1. The van der Waals surface area contributed by atoms with Crippen LogP contribution in [0, 0.1) is 23.5 Å². The van der Waals surface area contributed by atoms with Crippen LogP contribution in [0.4, 0.5) is 24.5 Å². The highest BCUT2D eigenvalue weighted by Crippen LogP contribution is 2.43. The van der Waals surface area contributed by atoms with Gasteiger partial charge in [-0.25, -0.2) is 18.7 Å². The normalized spacial score (nSPS) is 24.3. The molecule has 4 atom stereocenters. The molecule has 1 aliphatic rings. The molecule has 3 heterocycles. The molecule has 3 aromatic heterocycles. The van der Waals surface area contributed by atoms with Gasteiger partial charge in [-0.05, 0) is 55.4 Å². The average molecular weight is 487 g/mol. The molecule has 4 rings (SSSR count). The van der Waals surface area contributed by atoms with Crippen molar-refractivity contribution in [1.29, 1.82) is 0 Å². The predicted molar refractivity (Wildman–Crippen MR) is 122 cm³/mol. The van der Waals surface area contributed by atoms with Gasteiger partial charge in [-0.1, -0.05) is 6.92 Å². The average Bonchev–Trinajstić information content (AvgIpc) is 2.80. The summed E-state index contributed by atoms with van der Waals surface area (Å²) in [7, 11) is 0. The number of amides is 1. The summed E-state index contributed by atoms with van der Waals surface area (Å²) >= 11 is 0. The van der Waals surface area contributed by atoms with E-state index < -0.39 is 40.9 Å². The van der Waals surface area contributed by atoms with Crippen molar-refractivity contribution in [1.82, 2.24) is 15.0 Å². The van der Waals surface area contributed by atoms with E-state index in [4.69, 9.17) is 5.73 Å². The number of rotatable bonds is 4. The van der Waals surface area contributed by atoms with Crippen LogP contribution in [0.25, 0.3) is 11.4 Å². The topological polar surface area (TPSA) is 134 Å². The monoisotopic (exact) mass is 487 g/mol. The van der Waals surface area contributed by atoms with E-state index in [9.17, 15) is 28.2 Å². The van der Waals surface area contributed by atoms with Crippen molar-refractivity contribution in [2.24, 2.45) is 5.92 Å². The van der Waals surface area contributed by atoms with Gasteiger partial charge in [-0.2, -0.15) is 4.39 Å². The van der Waals surface area contributed by atoms with Gasteiger partial charge in [0.15, 0.2) is 17.3 Å². The van der Waals surface area contributed by atoms with Gasteiger partial charge in [0.05, 0.1) is 35.0 Å². The summed E-state index contributed by atoms with van der Waals surface area (Å²) in [6.45, 7) is 3.44. The van der Waals surface area contributed by atoms with Gasteiger partial charge < -0.3 is 21.3 Å². The standard InChI is InChI=1S/C24H24F3N5O3/c1-11-7-12(8-19(33)24(11,2)35)13-5-6-29-10-18(13)31-23(34)21-16(28)3-4-17(30-21)20-14(25)9-15(26)22(27)32-20/h3-6,9-12,19,33,35H,7-8,28H2,1-2H3,(H,31,34)/t11-,12+,19+,24+/m0/s1. The molecule has 1 aliphatic carbocycles. The first kappa shape index (κ1) is 24.6. The summed E-state index contributed by atoms with van der Waals surface area (Å²) in [5.41, 5.74) is 4.66. The van der Waals surface area contributed by atoms with Crippen molar-refractivity contribution in [3.05, 3.63) is 65.5 Å². The number of pyridine rings is 3. The fourth-order valence-corrected chi connectivity index (χ4v) is 4.31. The molecule has 0 bridgehead atoms. The number of carbonyl (C=O) groups is 1. The van der Waals surface area contributed by atoms with Crippen LogP contribution < -0.4 is 11.1 Å². The zero-order chi connectivity index (χ0) is 25.5. The Bertz CT molecular complexity index is 1270. The Kier molecular flexibility index (Phi) is 6.48. The Morgan fingerprint density at radius 2 is 1.91 bits per heavy atom. The highest BCUT2D eigenvalue weighted by molar-refractivity contribution is 6.06. The Morgan fingerprint density at radius 1 is 1.17 bits per heavy atom. The van der Waals surface area contributed by atoms with Gasteiger partial charge in [0.2, 0.25) is 5.95 Å². The van der Waals surface area contributed by atoms with Crippen molar-refractivity contribution in [2.45, 2.75) is 44.3 Å². The van der Waals surface area contributed by atoms with Crippen LogP contribution in [0.5, 0.6) is 0 Å². The molecule has 0 aliphatic heterocycles. The molecule has 8 nitrogen and oxygen atoms in total. The van der Waals surface area contributed by atoms with E-state index in [2.05, 4.69) is 20.3 Å². The first-order chi connectivity index (χ1) is 16.5.